The van der Waals surface area contributed by atoms with Crippen LogP contribution in [0.1, 0.15) is 22.3 Å². The molecule has 2 heterocycles. The van der Waals surface area contributed by atoms with Crippen molar-refractivity contribution in [2.45, 2.75) is 5.41 Å². The molecule has 0 saturated carbocycles. The van der Waals surface area contributed by atoms with Crippen molar-refractivity contribution in [3.8, 4) is 78.0 Å². The fourth-order valence-electron chi connectivity index (χ4n) is 9.55. The summed E-state index contributed by atoms with van der Waals surface area (Å²) < 4.78 is 1.30. The first-order valence-electron chi connectivity index (χ1n) is 19.7. The molecule has 270 valence electrons. The molecule has 1 spiro atoms. The number of aromatic nitrogens is 3. The first kappa shape index (κ1) is 32.9. The van der Waals surface area contributed by atoms with Crippen molar-refractivity contribution in [2.75, 3.05) is 0 Å². The minimum Gasteiger partial charge on any atom is -0.208 e. The minimum absolute atomic E-state index is 0.449. The predicted molar refractivity (Wildman–Crippen MR) is 239 cm³/mol. The molecular weight excluding hydrogens is 723 g/mol. The van der Waals surface area contributed by atoms with Gasteiger partial charge in [-0.05, 0) is 67.1 Å². The van der Waals surface area contributed by atoms with Gasteiger partial charge in [0.05, 0.1) is 5.41 Å². The lowest BCUT2D eigenvalue weighted by molar-refractivity contribution is 0.803. The van der Waals surface area contributed by atoms with E-state index < -0.39 is 5.41 Å². The van der Waals surface area contributed by atoms with E-state index in [0.717, 1.165) is 27.8 Å². The third-order valence-electron chi connectivity index (χ3n) is 12.0. The fraction of sp³-hybridized carbons (Fsp3) is 0.0185. The van der Waals surface area contributed by atoms with Crippen molar-refractivity contribution in [2.24, 2.45) is 0 Å². The lowest BCUT2D eigenvalue weighted by Gasteiger charge is -2.30. The Morgan fingerprint density at radius 3 is 1.48 bits per heavy atom. The number of thiophene rings is 1. The first-order chi connectivity index (χ1) is 28.8. The molecule has 2 aliphatic carbocycles. The van der Waals surface area contributed by atoms with E-state index in [1.165, 1.54) is 65.0 Å². The summed E-state index contributed by atoms with van der Waals surface area (Å²) in [5.41, 5.74) is 16.3. The van der Waals surface area contributed by atoms with Crippen LogP contribution in [-0.4, -0.2) is 15.0 Å². The van der Waals surface area contributed by atoms with Crippen molar-refractivity contribution in [3.63, 3.8) is 0 Å². The Hall–Kier alpha value is -7.27. The van der Waals surface area contributed by atoms with Gasteiger partial charge in [0.15, 0.2) is 17.5 Å². The Labute approximate surface area is 340 Å². The standard InChI is InChI=1S/C54H33N3S/c1-3-16-34(17-4-1)35-30-32-37(33-31-35)52-55-51(36-18-5-2-6-19-36)56-53(57-52)42-23-8-7-20-38(42)41-25-15-28-46-48(41)50-49(43-24-11-14-29-47(43)58-50)54(46)44-26-12-9-21-39(44)40-22-10-13-27-45(40)54/h1-33H. The Bertz CT molecular complexity index is 3170. The van der Waals surface area contributed by atoms with Gasteiger partial charge in [-0.1, -0.05) is 194 Å². The summed E-state index contributed by atoms with van der Waals surface area (Å²) in [6.07, 6.45) is 0. The largest absolute Gasteiger partial charge is 0.208 e. The summed E-state index contributed by atoms with van der Waals surface area (Å²) in [5, 5.41) is 1.32. The van der Waals surface area contributed by atoms with Crippen molar-refractivity contribution in [1.29, 1.82) is 0 Å². The second-order valence-electron chi connectivity index (χ2n) is 15.0. The SMILES string of the molecule is c1ccc(-c2ccc(-c3nc(-c4ccccc4)nc(-c4ccccc4-c4cccc5c4-c4sc6ccccc6c4C54c5ccccc5-c5ccccc54)n3)cc2)cc1. The van der Waals surface area contributed by atoms with E-state index in [-0.39, 0.29) is 0 Å². The van der Waals surface area contributed by atoms with Crippen LogP contribution in [0.5, 0.6) is 0 Å². The molecule has 2 aliphatic rings. The molecule has 0 atom stereocenters. The predicted octanol–water partition coefficient (Wildman–Crippen LogP) is 13.8. The van der Waals surface area contributed by atoms with Gasteiger partial charge in [0.2, 0.25) is 0 Å². The zero-order valence-corrected chi connectivity index (χ0v) is 32.1. The van der Waals surface area contributed by atoms with Crippen molar-refractivity contribution in [3.05, 3.63) is 222 Å². The van der Waals surface area contributed by atoms with E-state index in [1.54, 1.807) is 0 Å². The smallest absolute Gasteiger partial charge is 0.164 e. The molecule has 10 aromatic rings. The van der Waals surface area contributed by atoms with Gasteiger partial charge in [-0.3, -0.25) is 0 Å². The molecule has 12 rings (SSSR count). The Morgan fingerprint density at radius 2 is 0.793 bits per heavy atom. The number of hydrogen-bond acceptors (Lipinski definition) is 4. The number of hydrogen-bond donors (Lipinski definition) is 0. The third-order valence-corrected chi connectivity index (χ3v) is 13.2. The molecule has 0 fully saturated rings. The summed E-state index contributed by atoms with van der Waals surface area (Å²) in [6.45, 7) is 0. The van der Waals surface area contributed by atoms with Gasteiger partial charge in [-0.2, -0.15) is 0 Å². The molecule has 0 radical (unpaired) electrons. The lowest BCUT2D eigenvalue weighted by Crippen LogP contribution is -2.25. The quantitative estimate of drug-likeness (QED) is 0.176. The number of nitrogens with zero attached hydrogens (tertiary/aromatic N) is 3. The van der Waals surface area contributed by atoms with Crippen molar-refractivity contribution >= 4 is 21.4 Å². The van der Waals surface area contributed by atoms with Gasteiger partial charge in [-0.15, -0.1) is 11.3 Å². The van der Waals surface area contributed by atoms with Crippen LogP contribution >= 0.6 is 11.3 Å². The highest BCUT2D eigenvalue weighted by Crippen LogP contribution is 2.67. The normalized spacial score (nSPS) is 13.0. The van der Waals surface area contributed by atoms with Gasteiger partial charge < -0.3 is 0 Å². The van der Waals surface area contributed by atoms with Crippen LogP contribution in [0.15, 0.2) is 200 Å². The van der Waals surface area contributed by atoms with Gasteiger partial charge in [-0.25, -0.2) is 15.0 Å². The van der Waals surface area contributed by atoms with Crippen molar-refractivity contribution < 1.29 is 0 Å². The molecule has 2 aromatic heterocycles. The fourth-order valence-corrected chi connectivity index (χ4v) is 10.9. The molecule has 0 aliphatic heterocycles. The van der Waals surface area contributed by atoms with Crippen LogP contribution < -0.4 is 0 Å². The van der Waals surface area contributed by atoms with Crippen LogP contribution in [0.3, 0.4) is 0 Å². The molecular formula is C54H33N3S. The van der Waals surface area contributed by atoms with E-state index in [4.69, 9.17) is 15.0 Å². The van der Waals surface area contributed by atoms with Gasteiger partial charge in [0, 0.05) is 31.8 Å². The van der Waals surface area contributed by atoms with Crippen LogP contribution in [0.4, 0.5) is 0 Å². The summed E-state index contributed by atoms with van der Waals surface area (Å²) in [6, 6.07) is 71.8. The second-order valence-corrected chi connectivity index (χ2v) is 16.1. The van der Waals surface area contributed by atoms with Crippen LogP contribution in [-0.2, 0) is 5.41 Å². The van der Waals surface area contributed by atoms with E-state index in [9.17, 15) is 0 Å². The van der Waals surface area contributed by atoms with E-state index in [0.29, 0.717) is 17.5 Å². The number of rotatable bonds is 5. The maximum absolute atomic E-state index is 5.27. The highest BCUT2D eigenvalue weighted by Gasteiger charge is 2.53. The van der Waals surface area contributed by atoms with Crippen LogP contribution in [0, 0.1) is 0 Å². The Balaban J connectivity index is 1.10. The average molecular weight is 756 g/mol. The maximum atomic E-state index is 5.27. The monoisotopic (exact) mass is 755 g/mol. The highest BCUT2D eigenvalue weighted by molar-refractivity contribution is 7.22. The lowest BCUT2D eigenvalue weighted by atomic mass is 9.70. The Morgan fingerprint density at radius 1 is 0.328 bits per heavy atom. The highest BCUT2D eigenvalue weighted by atomic mass is 32.1. The number of fused-ring (bicyclic) bond motifs is 12. The number of benzene rings is 8. The van der Waals surface area contributed by atoms with Crippen LogP contribution in [0.2, 0.25) is 0 Å². The van der Waals surface area contributed by atoms with E-state index in [1.807, 2.05) is 35.6 Å². The van der Waals surface area contributed by atoms with Gasteiger partial charge >= 0.3 is 0 Å². The molecule has 0 unspecified atom stereocenters. The molecule has 0 N–H and O–H groups in total. The molecule has 0 saturated heterocycles. The molecule has 58 heavy (non-hydrogen) atoms. The Kier molecular flexibility index (Phi) is 7.31. The van der Waals surface area contributed by atoms with Gasteiger partial charge in [0.1, 0.15) is 0 Å². The van der Waals surface area contributed by atoms with Crippen LogP contribution in [0.25, 0.3) is 88.1 Å². The zero-order chi connectivity index (χ0) is 38.2. The second kappa shape index (κ2) is 12.9. The molecule has 3 nitrogen and oxygen atoms in total. The summed E-state index contributed by atoms with van der Waals surface area (Å²) in [4.78, 5) is 16.9. The average Bonchev–Trinajstić information content (AvgIpc) is 3.93. The maximum Gasteiger partial charge on any atom is 0.164 e. The molecule has 8 aromatic carbocycles. The summed E-state index contributed by atoms with van der Waals surface area (Å²) in [7, 11) is 0. The molecule has 0 bridgehead atoms. The zero-order valence-electron chi connectivity index (χ0n) is 31.3. The first-order valence-corrected chi connectivity index (χ1v) is 20.5. The molecule has 0 amide bonds. The summed E-state index contributed by atoms with van der Waals surface area (Å²) >= 11 is 1.91. The minimum atomic E-state index is -0.449. The van der Waals surface area contributed by atoms with Crippen molar-refractivity contribution in [1.82, 2.24) is 15.0 Å². The summed E-state index contributed by atoms with van der Waals surface area (Å²) in [5.74, 6) is 1.93. The van der Waals surface area contributed by atoms with E-state index in [2.05, 4.69) is 176 Å². The van der Waals surface area contributed by atoms with Gasteiger partial charge in [0.25, 0.3) is 0 Å². The topological polar surface area (TPSA) is 38.7 Å². The van der Waals surface area contributed by atoms with E-state index >= 15 is 0 Å². The molecule has 4 heteroatoms. The third kappa shape index (κ3) is 4.76.